The summed E-state index contributed by atoms with van der Waals surface area (Å²) < 4.78 is 10.3. The van der Waals surface area contributed by atoms with Crippen LogP contribution in [0.1, 0.15) is 21.6 Å². The van der Waals surface area contributed by atoms with E-state index in [2.05, 4.69) is 10.3 Å². The van der Waals surface area contributed by atoms with Crippen molar-refractivity contribution in [3.05, 3.63) is 65.4 Å². The predicted octanol–water partition coefficient (Wildman–Crippen LogP) is 3.25. The Labute approximate surface area is 140 Å². The zero-order valence-electron chi connectivity index (χ0n) is 13.8. The highest BCUT2D eigenvalue weighted by Gasteiger charge is 2.09. The highest BCUT2D eigenvalue weighted by Crippen LogP contribution is 2.21. The first-order valence-corrected chi connectivity index (χ1v) is 7.71. The average molecular weight is 324 g/mol. The van der Waals surface area contributed by atoms with Gasteiger partial charge in [0.05, 0.1) is 13.7 Å². The molecule has 5 nitrogen and oxygen atoms in total. The summed E-state index contributed by atoms with van der Waals surface area (Å²) in [6.07, 6.45) is 0. The van der Waals surface area contributed by atoms with Gasteiger partial charge >= 0.3 is 0 Å². The molecule has 1 aromatic heterocycles. The molecule has 24 heavy (non-hydrogen) atoms. The second-order valence-corrected chi connectivity index (χ2v) is 5.57. The highest BCUT2D eigenvalue weighted by molar-refractivity contribution is 5.98. The Morgan fingerprint density at radius 1 is 1.04 bits per heavy atom. The summed E-state index contributed by atoms with van der Waals surface area (Å²) in [6.45, 7) is 1.07. The molecule has 3 aromatic rings. The molecule has 2 aromatic carbocycles. The van der Waals surface area contributed by atoms with E-state index in [0.717, 1.165) is 27.8 Å². The number of hydrogen-bond donors (Lipinski definition) is 2. The third-order valence-electron chi connectivity index (χ3n) is 3.86. The number of benzene rings is 2. The molecule has 5 heteroatoms. The van der Waals surface area contributed by atoms with Crippen molar-refractivity contribution in [3.8, 4) is 5.75 Å². The Morgan fingerprint density at radius 3 is 2.50 bits per heavy atom. The van der Waals surface area contributed by atoms with Crippen molar-refractivity contribution < 1.29 is 14.3 Å². The minimum atomic E-state index is -0.133. The molecule has 0 aliphatic rings. The lowest BCUT2D eigenvalue weighted by Crippen LogP contribution is -2.23. The summed E-state index contributed by atoms with van der Waals surface area (Å²) >= 11 is 0. The van der Waals surface area contributed by atoms with E-state index in [9.17, 15) is 4.79 Å². The van der Waals surface area contributed by atoms with E-state index < -0.39 is 0 Å². The second-order valence-electron chi connectivity index (χ2n) is 5.57. The van der Waals surface area contributed by atoms with Gasteiger partial charge in [0.25, 0.3) is 5.91 Å². The number of aromatic nitrogens is 1. The van der Waals surface area contributed by atoms with Crippen molar-refractivity contribution >= 4 is 16.8 Å². The SMILES string of the molecule is COCc1ccc(CNC(=O)c2cc3ccc(OC)cc3[nH]2)cc1. The molecule has 0 aliphatic carbocycles. The van der Waals surface area contributed by atoms with E-state index in [-0.39, 0.29) is 5.91 Å². The lowest BCUT2D eigenvalue weighted by molar-refractivity contribution is 0.0946. The molecule has 0 unspecified atom stereocenters. The van der Waals surface area contributed by atoms with Crippen LogP contribution in [0, 0.1) is 0 Å². The van der Waals surface area contributed by atoms with Gasteiger partial charge in [-0.25, -0.2) is 0 Å². The largest absolute Gasteiger partial charge is 0.497 e. The Hall–Kier alpha value is -2.79. The number of amides is 1. The van der Waals surface area contributed by atoms with Gasteiger partial charge in [0.2, 0.25) is 0 Å². The molecular weight excluding hydrogens is 304 g/mol. The Balaban J connectivity index is 1.66. The molecule has 1 heterocycles. The molecule has 0 fully saturated rings. The number of carbonyl (C=O) groups is 1. The van der Waals surface area contributed by atoms with Crippen molar-refractivity contribution in [2.75, 3.05) is 14.2 Å². The summed E-state index contributed by atoms with van der Waals surface area (Å²) in [6, 6.07) is 15.5. The van der Waals surface area contributed by atoms with Crippen LogP contribution in [0.5, 0.6) is 5.75 Å². The normalized spacial score (nSPS) is 10.8. The molecule has 0 saturated heterocycles. The van der Waals surface area contributed by atoms with E-state index in [0.29, 0.717) is 18.8 Å². The van der Waals surface area contributed by atoms with E-state index in [1.165, 1.54) is 0 Å². The summed E-state index contributed by atoms with van der Waals surface area (Å²) in [5.41, 5.74) is 3.57. The van der Waals surface area contributed by atoms with Gasteiger partial charge in [-0.3, -0.25) is 4.79 Å². The summed E-state index contributed by atoms with van der Waals surface area (Å²) in [5, 5.41) is 3.90. The second kappa shape index (κ2) is 7.19. The first-order valence-electron chi connectivity index (χ1n) is 7.71. The fourth-order valence-electron chi connectivity index (χ4n) is 2.55. The lowest BCUT2D eigenvalue weighted by Gasteiger charge is -2.05. The number of nitrogens with one attached hydrogen (secondary N) is 2. The monoisotopic (exact) mass is 324 g/mol. The van der Waals surface area contributed by atoms with Crippen LogP contribution in [-0.4, -0.2) is 25.1 Å². The first-order chi connectivity index (χ1) is 11.7. The van der Waals surface area contributed by atoms with Crippen LogP contribution in [0.2, 0.25) is 0 Å². The number of hydrogen-bond acceptors (Lipinski definition) is 3. The molecule has 1 amide bonds. The standard InChI is InChI=1S/C19H20N2O3/c1-23-12-14-5-3-13(4-6-14)11-20-19(22)18-9-15-7-8-16(24-2)10-17(15)21-18/h3-10,21H,11-12H2,1-2H3,(H,20,22). The third-order valence-corrected chi connectivity index (χ3v) is 3.86. The molecule has 0 aliphatic heterocycles. The molecule has 2 N–H and O–H groups in total. The van der Waals surface area contributed by atoms with Crippen LogP contribution in [0.4, 0.5) is 0 Å². The first kappa shape index (κ1) is 16.1. The topological polar surface area (TPSA) is 63.4 Å². The Morgan fingerprint density at radius 2 is 1.79 bits per heavy atom. The molecule has 0 atom stereocenters. The van der Waals surface area contributed by atoms with Gasteiger partial charge in [-0.1, -0.05) is 24.3 Å². The smallest absolute Gasteiger partial charge is 0.267 e. The molecule has 0 bridgehead atoms. The quantitative estimate of drug-likeness (QED) is 0.731. The van der Waals surface area contributed by atoms with Crippen molar-refractivity contribution in [2.24, 2.45) is 0 Å². The van der Waals surface area contributed by atoms with Crippen molar-refractivity contribution in [1.82, 2.24) is 10.3 Å². The molecule has 0 spiro atoms. The van der Waals surface area contributed by atoms with Crippen LogP contribution in [0.3, 0.4) is 0 Å². The van der Waals surface area contributed by atoms with Gasteiger partial charge in [-0.05, 0) is 29.3 Å². The average Bonchev–Trinajstić information content (AvgIpc) is 3.04. The number of aromatic amines is 1. The van der Waals surface area contributed by atoms with Crippen LogP contribution in [0.25, 0.3) is 10.9 Å². The number of fused-ring (bicyclic) bond motifs is 1. The van der Waals surface area contributed by atoms with Crippen molar-refractivity contribution in [3.63, 3.8) is 0 Å². The highest BCUT2D eigenvalue weighted by atomic mass is 16.5. The fraction of sp³-hybridized carbons (Fsp3) is 0.211. The van der Waals surface area contributed by atoms with E-state index in [1.54, 1.807) is 14.2 Å². The van der Waals surface area contributed by atoms with E-state index in [1.807, 2.05) is 48.5 Å². The minimum absolute atomic E-state index is 0.133. The van der Waals surface area contributed by atoms with Gasteiger partial charge in [0.15, 0.2) is 0 Å². The molecule has 0 saturated carbocycles. The van der Waals surface area contributed by atoms with Gasteiger partial charge in [0, 0.05) is 30.6 Å². The minimum Gasteiger partial charge on any atom is -0.497 e. The van der Waals surface area contributed by atoms with Crippen LogP contribution < -0.4 is 10.1 Å². The Kier molecular flexibility index (Phi) is 4.82. The van der Waals surface area contributed by atoms with Crippen LogP contribution in [0.15, 0.2) is 48.5 Å². The molecule has 3 rings (SSSR count). The maximum absolute atomic E-state index is 12.3. The van der Waals surface area contributed by atoms with Gasteiger partial charge in [-0.2, -0.15) is 0 Å². The van der Waals surface area contributed by atoms with Crippen LogP contribution in [-0.2, 0) is 17.9 Å². The third kappa shape index (κ3) is 3.58. The van der Waals surface area contributed by atoms with Gasteiger partial charge in [0.1, 0.15) is 11.4 Å². The summed E-state index contributed by atoms with van der Waals surface area (Å²) in [7, 11) is 3.29. The maximum Gasteiger partial charge on any atom is 0.267 e. The number of rotatable bonds is 6. The summed E-state index contributed by atoms with van der Waals surface area (Å²) in [4.78, 5) is 15.4. The van der Waals surface area contributed by atoms with Gasteiger partial charge in [-0.15, -0.1) is 0 Å². The number of methoxy groups -OCH3 is 2. The molecule has 0 radical (unpaired) electrons. The zero-order chi connectivity index (χ0) is 16.9. The zero-order valence-corrected chi connectivity index (χ0v) is 13.8. The lowest BCUT2D eigenvalue weighted by atomic mass is 10.1. The molecule has 124 valence electrons. The predicted molar refractivity (Wildman–Crippen MR) is 93.2 cm³/mol. The maximum atomic E-state index is 12.3. The fourth-order valence-corrected chi connectivity index (χ4v) is 2.55. The number of H-pyrrole nitrogens is 1. The Bertz CT molecular complexity index is 837. The van der Waals surface area contributed by atoms with Gasteiger partial charge < -0.3 is 19.8 Å². The summed E-state index contributed by atoms with van der Waals surface area (Å²) in [5.74, 6) is 0.624. The number of ether oxygens (including phenoxy) is 2. The van der Waals surface area contributed by atoms with Crippen LogP contribution >= 0.6 is 0 Å². The number of carbonyl (C=O) groups excluding carboxylic acids is 1. The van der Waals surface area contributed by atoms with E-state index in [4.69, 9.17) is 9.47 Å². The van der Waals surface area contributed by atoms with E-state index >= 15 is 0 Å². The van der Waals surface area contributed by atoms with Crippen molar-refractivity contribution in [1.29, 1.82) is 0 Å². The molecular formula is C19H20N2O3. The van der Waals surface area contributed by atoms with Crippen molar-refractivity contribution in [2.45, 2.75) is 13.2 Å².